The van der Waals surface area contributed by atoms with Crippen molar-refractivity contribution >= 4 is 33.3 Å². The second-order valence-corrected chi connectivity index (χ2v) is 15.2. The number of hydrogen-bond acceptors (Lipinski definition) is 6. The second kappa shape index (κ2) is 11.8. The summed E-state index contributed by atoms with van der Waals surface area (Å²) in [5.41, 5.74) is 2.66. The first kappa shape index (κ1) is 30.9. The molecular formula is C32H41ClN2O6S. The molecule has 0 aromatic heterocycles. The van der Waals surface area contributed by atoms with Gasteiger partial charge in [0.2, 0.25) is 10.0 Å². The van der Waals surface area contributed by atoms with Crippen molar-refractivity contribution < 1.29 is 28.2 Å². The summed E-state index contributed by atoms with van der Waals surface area (Å²) in [4.78, 5) is 14.2. The average molecular weight is 617 g/mol. The molecule has 0 saturated heterocycles. The van der Waals surface area contributed by atoms with E-state index in [1.807, 2.05) is 26.0 Å². The maximum atomic E-state index is 11.9. The number of carbonyl (C=O) groups is 1. The third kappa shape index (κ3) is 6.80. The van der Waals surface area contributed by atoms with Crippen molar-refractivity contribution in [2.75, 3.05) is 30.3 Å². The molecule has 2 aromatic carbocycles. The van der Waals surface area contributed by atoms with Crippen LogP contribution in [0.2, 0.25) is 5.02 Å². The van der Waals surface area contributed by atoms with Crippen molar-refractivity contribution in [2.45, 2.75) is 63.9 Å². The number of ether oxygens (including phenoxy) is 1. The number of aliphatic hydroxyl groups excluding tert-OH is 1. The van der Waals surface area contributed by atoms with E-state index in [4.69, 9.17) is 21.5 Å². The molecule has 0 radical (unpaired) electrons. The number of allylic oxidation sites excluding steroid dienone is 1. The maximum Gasteiger partial charge on any atom is 0.335 e. The minimum absolute atomic E-state index is 0.0475. The summed E-state index contributed by atoms with van der Waals surface area (Å²) in [5, 5.41) is 26.8. The molecule has 4 atom stereocenters. The van der Waals surface area contributed by atoms with Crippen molar-refractivity contribution in [1.29, 1.82) is 0 Å². The van der Waals surface area contributed by atoms with Gasteiger partial charge in [0.1, 0.15) is 5.75 Å². The number of anilines is 1. The number of sulfonamides is 1. The first-order valence-corrected chi connectivity index (χ1v) is 16.7. The zero-order valence-electron chi connectivity index (χ0n) is 24.3. The van der Waals surface area contributed by atoms with Gasteiger partial charge in [-0.25, -0.2) is 18.4 Å². The molecule has 5 rings (SSSR count). The molecule has 1 unspecified atom stereocenters. The number of aryl methyl sites for hydroxylation is 1. The first-order chi connectivity index (χ1) is 19.8. The third-order valence-corrected chi connectivity index (χ3v) is 10.7. The molecule has 0 bridgehead atoms. The number of nitrogens with zero attached hydrogens (tertiary/aromatic N) is 1. The minimum Gasteiger partial charge on any atom is -0.490 e. The van der Waals surface area contributed by atoms with Crippen molar-refractivity contribution in [3.63, 3.8) is 0 Å². The Hall–Kier alpha value is -2.59. The van der Waals surface area contributed by atoms with Crippen LogP contribution in [0.4, 0.5) is 5.69 Å². The highest BCUT2D eigenvalue weighted by Gasteiger charge is 2.44. The number of aromatic carboxylic acids is 1. The predicted octanol–water partition coefficient (Wildman–Crippen LogP) is 5.16. The van der Waals surface area contributed by atoms with Crippen LogP contribution >= 0.6 is 11.6 Å². The lowest BCUT2D eigenvalue weighted by molar-refractivity contribution is 0.0455. The molecule has 228 valence electrons. The molecule has 1 spiro atoms. The third-order valence-electron chi connectivity index (χ3n) is 9.25. The van der Waals surface area contributed by atoms with Crippen molar-refractivity contribution in [2.24, 2.45) is 22.4 Å². The summed E-state index contributed by atoms with van der Waals surface area (Å²) in [5.74, 6) is -0.190. The smallest absolute Gasteiger partial charge is 0.335 e. The Morgan fingerprint density at radius 3 is 2.74 bits per heavy atom. The molecule has 3 aliphatic rings. The molecule has 4 N–H and O–H groups in total. The van der Waals surface area contributed by atoms with E-state index in [1.165, 1.54) is 11.1 Å². The van der Waals surface area contributed by atoms with Gasteiger partial charge in [-0.05, 0) is 97.2 Å². The quantitative estimate of drug-likeness (QED) is 0.332. The number of benzene rings is 2. The lowest BCUT2D eigenvalue weighted by Gasteiger charge is -2.45. The van der Waals surface area contributed by atoms with E-state index in [2.05, 4.69) is 17.0 Å². The molecule has 1 saturated carbocycles. The Labute approximate surface area is 253 Å². The van der Waals surface area contributed by atoms with Gasteiger partial charge in [0.05, 0.1) is 29.7 Å². The Kier molecular flexibility index (Phi) is 8.69. The molecule has 1 aliphatic heterocycles. The summed E-state index contributed by atoms with van der Waals surface area (Å²) >= 11 is 6.36. The van der Waals surface area contributed by atoms with Crippen molar-refractivity contribution in [3.05, 3.63) is 70.3 Å². The van der Waals surface area contributed by atoms with E-state index >= 15 is 0 Å². The van der Waals surface area contributed by atoms with Crippen LogP contribution in [-0.4, -0.2) is 56.2 Å². The molecule has 1 heterocycles. The summed E-state index contributed by atoms with van der Waals surface area (Å²) in [6, 6.07) is 11.2. The monoisotopic (exact) mass is 616 g/mol. The summed E-state index contributed by atoms with van der Waals surface area (Å²) < 4.78 is 29.6. The van der Waals surface area contributed by atoms with Crippen LogP contribution in [0.3, 0.4) is 0 Å². The van der Waals surface area contributed by atoms with Gasteiger partial charge in [-0.15, -0.1) is 0 Å². The predicted molar refractivity (Wildman–Crippen MR) is 165 cm³/mol. The Morgan fingerprint density at radius 1 is 1.26 bits per heavy atom. The van der Waals surface area contributed by atoms with E-state index in [0.29, 0.717) is 31.9 Å². The van der Waals surface area contributed by atoms with Crippen LogP contribution in [0.25, 0.3) is 0 Å². The Balaban J connectivity index is 1.39. The minimum atomic E-state index is -3.59. The second-order valence-electron chi connectivity index (χ2n) is 13.2. The number of hydrogen-bond donors (Lipinski definition) is 3. The van der Waals surface area contributed by atoms with E-state index in [9.17, 15) is 23.4 Å². The van der Waals surface area contributed by atoms with Crippen molar-refractivity contribution in [1.82, 2.24) is 0 Å². The number of aliphatic hydroxyl groups is 1. The molecule has 0 amide bonds. The summed E-state index contributed by atoms with van der Waals surface area (Å²) in [6.07, 6.45) is 8.24. The summed E-state index contributed by atoms with van der Waals surface area (Å²) in [7, 11) is -3.59. The number of carboxylic acid groups (broad SMARTS) is 1. The molecule has 42 heavy (non-hydrogen) atoms. The standard InChI is InChI=1S/C32H41ClN2O6S/c1-31(2,20-42(34,39)40)13-4-6-28(36)25-10-7-23(25)17-35-18-32(14-3-5-21-15-24(33)9-11-26(21)32)19-41-29-12-8-22(30(37)38)16-27(29)35/h4,6,8-9,11-12,15-16,23,25,28,36H,3,5,7,10,13-14,17-20H2,1-2H3,(H,37,38)(H2,34,39,40)/b6-4+/t23-,25+,28-,32?/m0/s1. The van der Waals surface area contributed by atoms with Gasteiger partial charge in [-0.2, -0.15) is 0 Å². The van der Waals surface area contributed by atoms with Gasteiger partial charge in [-0.1, -0.05) is 43.7 Å². The Morgan fingerprint density at radius 2 is 2.05 bits per heavy atom. The van der Waals surface area contributed by atoms with E-state index < -0.39 is 27.5 Å². The van der Waals surface area contributed by atoms with Crippen LogP contribution in [0.15, 0.2) is 48.6 Å². The molecule has 8 nitrogen and oxygen atoms in total. The summed E-state index contributed by atoms with van der Waals surface area (Å²) in [6.45, 7) is 5.52. The number of fused-ring (bicyclic) bond motifs is 3. The molecule has 1 fully saturated rings. The van der Waals surface area contributed by atoms with Crippen LogP contribution < -0.4 is 14.8 Å². The van der Waals surface area contributed by atoms with Gasteiger partial charge >= 0.3 is 5.97 Å². The van der Waals surface area contributed by atoms with Gasteiger partial charge < -0.3 is 19.8 Å². The SMILES string of the molecule is CC(C)(C/C=C/[C@H](O)[C@@H]1CC[C@H]1CN1CC2(CCCc3cc(Cl)ccc32)COc2ccc(C(=O)O)cc21)CS(N)(=O)=O. The van der Waals surface area contributed by atoms with Gasteiger partial charge in [0, 0.05) is 23.5 Å². The number of carboxylic acids is 1. The fraction of sp³-hybridized carbons (Fsp3) is 0.531. The van der Waals surface area contributed by atoms with Crippen LogP contribution in [-0.2, 0) is 21.9 Å². The zero-order chi connectivity index (χ0) is 30.3. The van der Waals surface area contributed by atoms with Crippen LogP contribution in [0.1, 0.15) is 67.4 Å². The highest BCUT2D eigenvalue weighted by Crippen LogP contribution is 2.46. The van der Waals surface area contributed by atoms with Crippen molar-refractivity contribution in [3.8, 4) is 5.75 Å². The maximum absolute atomic E-state index is 11.9. The number of primary sulfonamides is 1. The topological polar surface area (TPSA) is 130 Å². The van der Waals surface area contributed by atoms with Crippen LogP contribution in [0, 0.1) is 17.3 Å². The van der Waals surface area contributed by atoms with E-state index in [0.717, 1.165) is 42.8 Å². The molecule has 2 aromatic rings. The molecule has 10 heteroatoms. The van der Waals surface area contributed by atoms with Gasteiger partial charge in [0.25, 0.3) is 0 Å². The van der Waals surface area contributed by atoms with Crippen LogP contribution in [0.5, 0.6) is 5.75 Å². The first-order valence-electron chi connectivity index (χ1n) is 14.6. The lowest BCUT2D eigenvalue weighted by atomic mass is 9.68. The largest absolute Gasteiger partial charge is 0.490 e. The highest BCUT2D eigenvalue weighted by molar-refractivity contribution is 7.89. The average Bonchev–Trinajstić information content (AvgIpc) is 3.02. The highest BCUT2D eigenvalue weighted by atomic mass is 35.5. The van der Waals surface area contributed by atoms with Gasteiger partial charge in [0.15, 0.2) is 0 Å². The molecule has 2 aliphatic carbocycles. The lowest BCUT2D eigenvalue weighted by Crippen LogP contribution is -2.49. The van der Waals surface area contributed by atoms with E-state index in [1.54, 1.807) is 24.3 Å². The fourth-order valence-electron chi connectivity index (χ4n) is 7.07. The van der Waals surface area contributed by atoms with Gasteiger partial charge in [-0.3, -0.25) is 0 Å². The number of rotatable bonds is 9. The molecular weight excluding hydrogens is 576 g/mol. The Bertz CT molecular complexity index is 1480. The number of halogens is 1. The normalized spacial score (nSPS) is 24.8. The zero-order valence-corrected chi connectivity index (χ0v) is 25.8. The van der Waals surface area contributed by atoms with E-state index in [-0.39, 0.29) is 28.6 Å². The number of nitrogens with two attached hydrogens (primary N) is 1. The fourth-order valence-corrected chi connectivity index (χ4v) is 8.48.